The number of hydrogen-bond donors (Lipinski definition) is 0. The van der Waals surface area contributed by atoms with E-state index in [-0.39, 0.29) is 0 Å². The molecule has 3 aliphatic rings. The van der Waals surface area contributed by atoms with Gasteiger partial charge in [0.25, 0.3) is 0 Å². The lowest BCUT2D eigenvalue weighted by atomic mass is 9.63. The summed E-state index contributed by atoms with van der Waals surface area (Å²) in [5.41, 5.74) is 20.4. The fourth-order valence-electron chi connectivity index (χ4n) is 11.3. The third kappa shape index (κ3) is 3.92. The number of hydrogen-bond acceptors (Lipinski definition) is 2. The Kier molecular flexibility index (Phi) is 6.01. The van der Waals surface area contributed by atoms with Crippen LogP contribution in [0.4, 0.5) is 0 Å². The summed E-state index contributed by atoms with van der Waals surface area (Å²) in [6.45, 7) is 0. The van der Waals surface area contributed by atoms with Crippen LogP contribution in [-0.4, -0.2) is 14.5 Å². The van der Waals surface area contributed by atoms with Gasteiger partial charge in [0.2, 0.25) is 5.95 Å². The molecule has 2 heterocycles. The van der Waals surface area contributed by atoms with Gasteiger partial charge < -0.3 is 0 Å². The van der Waals surface area contributed by atoms with E-state index in [4.69, 9.17) is 9.97 Å². The van der Waals surface area contributed by atoms with Crippen LogP contribution in [0, 0.1) is 0 Å². The van der Waals surface area contributed by atoms with Gasteiger partial charge in [-0.1, -0.05) is 164 Å². The summed E-state index contributed by atoms with van der Waals surface area (Å²) in [6, 6.07) is 69.6. The summed E-state index contributed by atoms with van der Waals surface area (Å²) in [4.78, 5) is 10.9. The Hall–Kier alpha value is -7.62. The quantitative estimate of drug-likeness (QED) is 0.180. The molecule has 0 unspecified atom stereocenters. The Bertz CT molecular complexity index is 3600. The third-order valence-electron chi connectivity index (χ3n) is 13.6. The average molecular weight is 748 g/mol. The monoisotopic (exact) mass is 747 g/mol. The highest BCUT2D eigenvalue weighted by molar-refractivity contribution is 6.29. The topological polar surface area (TPSA) is 30.7 Å². The summed E-state index contributed by atoms with van der Waals surface area (Å²) in [7, 11) is 0. The van der Waals surface area contributed by atoms with Crippen molar-refractivity contribution in [3.05, 3.63) is 221 Å². The Morgan fingerprint density at radius 1 is 0.390 bits per heavy atom. The molecule has 1 spiro atoms. The van der Waals surface area contributed by atoms with Crippen LogP contribution in [0.3, 0.4) is 0 Å². The van der Waals surface area contributed by atoms with Crippen molar-refractivity contribution in [2.45, 2.75) is 11.8 Å². The molecule has 0 atom stereocenters. The van der Waals surface area contributed by atoms with Gasteiger partial charge in [-0.15, -0.1) is 0 Å². The van der Waals surface area contributed by atoms with E-state index in [0.717, 1.165) is 39.6 Å². The van der Waals surface area contributed by atoms with Gasteiger partial charge in [0.1, 0.15) is 0 Å². The minimum atomic E-state index is -0.521. The summed E-state index contributed by atoms with van der Waals surface area (Å²) < 4.78 is 2.36. The second kappa shape index (κ2) is 11.3. The van der Waals surface area contributed by atoms with E-state index in [2.05, 4.69) is 193 Å². The molecule has 0 fully saturated rings. The van der Waals surface area contributed by atoms with Crippen LogP contribution in [0.15, 0.2) is 188 Å². The second-order valence-electron chi connectivity index (χ2n) is 16.4. The summed E-state index contributed by atoms with van der Waals surface area (Å²) in [5.74, 6) is 0.675. The number of rotatable bonds is 3. The predicted octanol–water partition coefficient (Wildman–Crippen LogP) is 13.5. The molecule has 2 aromatic heterocycles. The van der Waals surface area contributed by atoms with Crippen molar-refractivity contribution in [3.63, 3.8) is 0 Å². The summed E-state index contributed by atoms with van der Waals surface area (Å²) in [6.07, 6.45) is 0.969. The van der Waals surface area contributed by atoms with E-state index in [9.17, 15) is 0 Å². The van der Waals surface area contributed by atoms with Crippen molar-refractivity contribution in [3.8, 4) is 50.6 Å². The van der Waals surface area contributed by atoms with E-state index in [1.165, 1.54) is 88.3 Å². The lowest BCUT2D eigenvalue weighted by Gasteiger charge is -2.38. The molecule has 0 amide bonds. The maximum atomic E-state index is 5.53. The van der Waals surface area contributed by atoms with Gasteiger partial charge in [0, 0.05) is 21.7 Å². The van der Waals surface area contributed by atoms with Gasteiger partial charge in [-0.2, -0.15) is 0 Å². The van der Waals surface area contributed by atoms with Gasteiger partial charge in [-0.3, -0.25) is 4.57 Å². The molecule has 3 heteroatoms. The molecule has 9 aromatic carbocycles. The highest BCUT2D eigenvalue weighted by Gasteiger charge is 2.50. The van der Waals surface area contributed by atoms with Crippen molar-refractivity contribution in [1.82, 2.24) is 14.5 Å². The fraction of sp³-hybridized carbons (Fsp3) is 0.0357. The van der Waals surface area contributed by atoms with Crippen molar-refractivity contribution in [2.75, 3.05) is 0 Å². The van der Waals surface area contributed by atoms with Gasteiger partial charge in [0.05, 0.1) is 27.7 Å². The lowest BCUT2D eigenvalue weighted by Crippen LogP contribution is -2.30. The molecule has 0 saturated heterocycles. The number of benzene rings is 9. The Morgan fingerprint density at radius 3 is 1.86 bits per heavy atom. The molecule has 0 radical (unpaired) electrons. The minimum absolute atomic E-state index is 0.521. The Balaban J connectivity index is 1.18. The largest absolute Gasteiger partial charge is 0.278 e. The predicted molar refractivity (Wildman–Crippen MR) is 241 cm³/mol. The SMILES string of the molecule is c1ccc(-c2nc(-n3c4cccc5c4c4c6c(cccc6c(-c6ccc7c(c6)-c6ccccc6C7)cc43)C53c4ccccc4-c4ccccc43)nc3ccccc23)cc1. The van der Waals surface area contributed by atoms with E-state index < -0.39 is 5.41 Å². The standard InChI is InChI=1S/C56H33N3/c1-2-14-33(15-3-1)54-41-20-8-11-26-48(41)57-55(58-54)59-49-27-13-25-47-52(49)53-50(59)32-43(36-29-28-35-30-34-16-4-5-17-37(34)42(35)31-36)40-21-12-24-46(51(40)53)56(47)44-22-9-6-18-38(44)39-19-7-10-23-45(39)56/h1-29,31-32H,30H2. The number of fused-ring (bicyclic) bond motifs is 11. The molecule has 0 aliphatic heterocycles. The zero-order valence-electron chi connectivity index (χ0n) is 31.9. The van der Waals surface area contributed by atoms with E-state index >= 15 is 0 Å². The maximum Gasteiger partial charge on any atom is 0.235 e. The third-order valence-corrected chi connectivity index (χ3v) is 13.6. The molecule has 0 bridgehead atoms. The molecule has 3 nitrogen and oxygen atoms in total. The van der Waals surface area contributed by atoms with Gasteiger partial charge in [-0.25, -0.2) is 9.97 Å². The van der Waals surface area contributed by atoms with Crippen LogP contribution in [0.5, 0.6) is 0 Å². The van der Waals surface area contributed by atoms with Crippen molar-refractivity contribution < 1.29 is 0 Å². The van der Waals surface area contributed by atoms with Crippen LogP contribution < -0.4 is 0 Å². The van der Waals surface area contributed by atoms with Gasteiger partial charge in [0.15, 0.2) is 0 Å². The minimum Gasteiger partial charge on any atom is -0.278 e. The van der Waals surface area contributed by atoms with Crippen LogP contribution in [0.1, 0.15) is 33.4 Å². The van der Waals surface area contributed by atoms with E-state index in [1.807, 2.05) is 0 Å². The van der Waals surface area contributed by atoms with Crippen LogP contribution in [-0.2, 0) is 11.8 Å². The normalized spacial score (nSPS) is 13.8. The molecule has 0 saturated carbocycles. The van der Waals surface area contributed by atoms with Crippen molar-refractivity contribution >= 4 is 43.5 Å². The molecular formula is C56H33N3. The molecule has 3 aliphatic carbocycles. The first-order valence-electron chi connectivity index (χ1n) is 20.5. The highest BCUT2D eigenvalue weighted by Crippen LogP contribution is 2.62. The first kappa shape index (κ1) is 31.5. The molecule has 0 N–H and O–H groups in total. The first-order chi connectivity index (χ1) is 29.3. The van der Waals surface area contributed by atoms with Gasteiger partial charge in [-0.05, 0) is 108 Å². The molecule has 11 aromatic rings. The average Bonchev–Trinajstić information content (AvgIpc) is 3.94. The van der Waals surface area contributed by atoms with E-state index in [0.29, 0.717) is 5.95 Å². The van der Waals surface area contributed by atoms with Gasteiger partial charge >= 0.3 is 0 Å². The zero-order chi connectivity index (χ0) is 38.4. The highest BCUT2D eigenvalue weighted by atomic mass is 15.2. The van der Waals surface area contributed by atoms with Crippen LogP contribution in [0.25, 0.3) is 94.1 Å². The second-order valence-corrected chi connectivity index (χ2v) is 16.4. The molecular weight excluding hydrogens is 715 g/mol. The van der Waals surface area contributed by atoms with Crippen LogP contribution in [0.2, 0.25) is 0 Å². The van der Waals surface area contributed by atoms with Crippen LogP contribution >= 0.6 is 0 Å². The van der Waals surface area contributed by atoms with Crippen molar-refractivity contribution in [1.29, 1.82) is 0 Å². The first-order valence-corrected chi connectivity index (χ1v) is 20.5. The Labute approximate surface area is 340 Å². The molecule has 14 rings (SSSR count). The maximum absolute atomic E-state index is 5.53. The Morgan fingerprint density at radius 2 is 1.03 bits per heavy atom. The lowest BCUT2D eigenvalue weighted by molar-refractivity contribution is 0.783. The fourth-order valence-corrected chi connectivity index (χ4v) is 11.3. The summed E-state index contributed by atoms with van der Waals surface area (Å²) >= 11 is 0. The van der Waals surface area contributed by atoms with E-state index in [1.54, 1.807) is 0 Å². The summed E-state index contributed by atoms with van der Waals surface area (Å²) in [5, 5.41) is 6.14. The number of para-hydroxylation sites is 1. The zero-order valence-corrected chi connectivity index (χ0v) is 31.9. The molecule has 272 valence electrons. The smallest absolute Gasteiger partial charge is 0.235 e. The number of aromatic nitrogens is 3. The number of nitrogens with zero attached hydrogens (tertiary/aromatic N) is 3. The molecule has 59 heavy (non-hydrogen) atoms. The van der Waals surface area contributed by atoms with Crippen molar-refractivity contribution in [2.24, 2.45) is 0 Å².